The highest BCUT2D eigenvalue weighted by Crippen LogP contribution is 2.40. The zero-order chi connectivity index (χ0) is 22.7. The predicted molar refractivity (Wildman–Crippen MR) is 125 cm³/mol. The molecule has 10 heteroatoms. The quantitative estimate of drug-likeness (QED) is 0.317. The van der Waals surface area contributed by atoms with Gasteiger partial charge in [-0.2, -0.15) is 5.10 Å². The van der Waals surface area contributed by atoms with E-state index < -0.39 is 0 Å². The number of rotatable bonds is 9. The second-order valence-electron chi connectivity index (χ2n) is 7.18. The average molecular weight is 456 g/mol. The fraction of sp³-hybridized carbons (Fsp3) is 0.273. The molecule has 4 rings (SSSR count). The predicted octanol–water partition coefficient (Wildman–Crippen LogP) is 5.49. The number of anilines is 3. The Labute approximate surface area is 190 Å². The van der Waals surface area contributed by atoms with Crippen molar-refractivity contribution in [2.75, 3.05) is 31.4 Å². The van der Waals surface area contributed by atoms with Gasteiger partial charge in [-0.05, 0) is 44.0 Å². The molecule has 0 amide bonds. The number of hydrogen-bond acceptors (Lipinski definition) is 9. The van der Waals surface area contributed by atoms with Gasteiger partial charge in [-0.3, -0.25) is 4.68 Å². The van der Waals surface area contributed by atoms with Gasteiger partial charge in [0, 0.05) is 24.4 Å². The molecule has 2 aromatic carbocycles. The van der Waals surface area contributed by atoms with Crippen LogP contribution in [0.1, 0.15) is 19.9 Å². The van der Waals surface area contributed by atoms with Crippen molar-refractivity contribution in [1.29, 1.82) is 0 Å². The van der Waals surface area contributed by atoms with Crippen LogP contribution in [0.3, 0.4) is 0 Å². The lowest BCUT2D eigenvalue weighted by molar-refractivity contribution is 0.376. The van der Waals surface area contributed by atoms with Crippen LogP contribution >= 0.6 is 11.9 Å². The standard InChI is InChI=1S/C22H25N5O4S/c1-13(2)27-10-9-20(24-27)23-15-12-18-14(11-19(15)30-5)22(25-31-18)26-32-21-16(28-3)7-6-8-17(21)29-4/h6-13H,1-5H3,(H,23,24)(H,25,26). The lowest BCUT2D eigenvalue weighted by Crippen LogP contribution is -2.02. The Balaban J connectivity index is 1.60. The molecule has 0 atom stereocenters. The summed E-state index contributed by atoms with van der Waals surface area (Å²) in [5.74, 6) is 3.31. The van der Waals surface area contributed by atoms with Gasteiger partial charge in [-0.1, -0.05) is 11.2 Å². The number of methoxy groups -OCH3 is 3. The van der Waals surface area contributed by atoms with Crippen molar-refractivity contribution in [3.8, 4) is 17.2 Å². The van der Waals surface area contributed by atoms with Crippen molar-refractivity contribution in [2.45, 2.75) is 24.8 Å². The zero-order valence-corrected chi connectivity index (χ0v) is 19.3. The Kier molecular flexibility index (Phi) is 6.31. The summed E-state index contributed by atoms with van der Waals surface area (Å²) in [5, 5.41) is 12.8. The number of aromatic nitrogens is 3. The summed E-state index contributed by atoms with van der Waals surface area (Å²) in [6.07, 6.45) is 1.93. The fourth-order valence-corrected chi connectivity index (χ4v) is 4.00. The van der Waals surface area contributed by atoms with Gasteiger partial charge in [-0.25, -0.2) is 0 Å². The molecule has 4 aromatic rings. The van der Waals surface area contributed by atoms with Crippen LogP contribution in [0.25, 0.3) is 11.0 Å². The van der Waals surface area contributed by atoms with Crippen LogP contribution < -0.4 is 24.2 Å². The molecule has 0 bridgehead atoms. The minimum atomic E-state index is 0.275. The van der Waals surface area contributed by atoms with Crippen molar-refractivity contribution in [3.63, 3.8) is 0 Å². The molecular formula is C22H25N5O4S. The largest absolute Gasteiger partial charge is 0.495 e. The molecule has 0 aliphatic heterocycles. The minimum absolute atomic E-state index is 0.275. The van der Waals surface area contributed by atoms with Crippen LogP contribution in [0.5, 0.6) is 17.2 Å². The van der Waals surface area contributed by atoms with E-state index in [0.717, 1.165) is 16.0 Å². The van der Waals surface area contributed by atoms with Crippen molar-refractivity contribution in [2.24, 2.45) is 0 Å². The lowest BCUT2D eigenvalue weighted by Gasteiger charge is -2.12. The van der Waals surface area contributed by atoms with Crippen molar-refractivity contribution >= 4 is 40.2 Å². The van der Waals surface area contributed by atoms with Crippen LogP contribution in [0, 0.1) is 0 Å². The molecule has 0 fully saturated rings. The van der Waals surface area contributed by atoms with Gasteiger partial charge < -0.3 is 28.8 Å². The molecule has 0 aliphatic carbocycles. The van der Waals surface area contributed by atoms with Gasteiger partial charge >= 0.3 is 0 Å². The van der Waals surface area contributed by atoms with E-state index in [-0.39, 0.29) is 6.04 Å². The molecule has 2 N–H and O–H groups in total. The first kappa shape index (κ1) is 21.7. The smallest absolute Gasteiger partial charge is 0.187 e. The highest BCUT2D eigenvalue weighted by molar-refractivity contribution is 8.00. The van der Waals surface area contributed by atoms with E-state index >= 15 is 0 Å². The molecule has 0 saturated heterocycles. The van der Waals surface area contributed by atoms with Gasteiger partial charge in [-0.15, -0.1) is 0 Å². The van der Waals surface area contributed by atoms with E-state index in [1.54, 1.807) is 21.3 Å². The third-order valence-electron chi connectivity index (χ3n) is 4.82. The summed E-state index contributed by atoms with van der Waals surface area (Å²) >= 11 is 1.33. The van der Waals surface area contributed by atoms with Gasteiger partial charge in [0.25, 0.3) is 0 Å². The first-order chi connectivity index (χ1) is 15.5. The first-order valence-electron chi connectivity index (χ1n) is 9.97. The van der Waals surface area contributed by atoms with Gasteiger partial charge in [0.15, 0.2) is 17.2 Å². The molecule has 0 unspecified atom stereocenters. The maximum absolute atomic E-state index is 5.60. The summed E-state index contributed by atoms with van der Waals surface area (Å²) in [7, 11) is 4.86. The number of benzene rings is 2. The highest BCUT2D eigenvalue weighted by atomic mass is 32.2. The molecule has 32 heavy (non-hydrogen) atoms. The number of nitrogens with zero attached hydrogens (tertiary/aromatic N) is 3. The van der Waals surface area contributed by atoms with E-state index in [1.807, 2.05) is 47.3 Å². The number of fused-ring (bicyclic) bond motifs is 1. The van der Waals surface area contributed by atoms with Crippen LogP contribution in [0.15, 0.2) is 52.0 Å². The minimum Gasteiger partial charge on any atom is -0.495 e. The first-order valence-corrected chi connectivity index (χ1v) is 10.8. The highest BCUT2D eigenvalue weighted by Gasteiger charge is 2.17. The van der Waals surface area contributed by atoms with Crippen LogP contribution in [0.2, 0.25) is 0 Å². The van der Waals surface area contributed by atoms with Crippen LogP contribution in [-0.2, 0) is 0 Å². The molecule has 0 saturated carbocycles. The van der Waals surface area contributed by atoms with Crippen molar-refractivity contribution < 1.29 is 18.7 Å². The molecule has 2 aromatic heterocycles. The van der Waals surface area contributed by atoms with E-state index in [0.29, 0.717) is 34.5 Å². The Morgan fingerprint density at radius 1 is 1.00 bits per heavy atom. The van der Waals surface area contributed by atoms with E-state index in [4.69, 9.17) is 18.7 Å². The molecule has 0 spiro atoms. The number of ether oxygens (including phenoxy) is 3. The molecule has 168 valence electrons. The second kappa shape index (κ2) is 9.31. The number of nitrogens with one attached hydrogen (secondary N) is 2. The van der Waals surface area contributed by atoms with Crippen LogP contribution in [-0.4, -0.2) is 36.3 Å². The molecular weight excluding hydrogens is 430 g/mol. The summed E-state index contributed by atoms with van der Waals surface area (Å²) < 4.78 is 27.2. The molecule has 2 heterocycles. The SMILES string of the molecule is COc1cc2c(NSc3c(OC)cccc3OC)noc2cc1Nc1ccn(C(C)C)n1. The lowest BCUT2D eigenvalue weighted by atomic mass is 10.2. The van der Waals surface area contributed by atoms with Gasteiger partial charge in [0.05, 0.1) is 32.4 Å². The maximum Gasteiger partial charge on any atom is 0.187 e. The number of hydrogen-bond donors (Lipinski definition) is 2. The topological polar surface area (TPSA) is 95.6 Å². The van der Waals surface area contributed by atoms with E-state index in [1.165, 1.54) is 11.9 Å². The maximum atomic E-state index is 5.60. The monoisotopic (exact) mass is 455 g/mol. The third kappa shape index (κ3) is 4.26. The summed E-state index contributed by atoms with van der Waals surface area (Å²) in [4.78, 5) is 0.805. The molecule has 0 radical (unpaired) electrons. The average Bonchev–Trinajstić information content (AvgIpc) is 3.43. The Hall–Kier alpha value is -3.53. The summed E-state index contributed by atoms with van der Waals surface area (Å²) in [6.45, 7) is 4.15. The van der Waals surface area contributed by atoms with E-state index in [2.05, 4.69) is 34.1 Å². The normalized spacial score (nSPS) is 11.1. The van der Waals surface area contributed by atoms with Crippen molar-refractivity contribution in [1.82, 2.24) is 14.9 Å². The van der Waals surface area contributed by atoms with E-state index in [9.17, 15) is 0 Å². The zero-order valence-electron chi connectivity index (χ0n) is 18.5. The van der Waals surface area contributed by atoms with Gasteiger partial charge in [0.1, 0.15) is 22.1 Å². The molecule has 9 nitrogen and oxygen atoms in total. The Morgan fingerprint density at radius 3 is 2.34 bits per heavy atom. The van der Waals surface area contributed by atoms with Crippen LogP contribution in [0.4, 0.5) is 17.3 Å². The van der Waals surface area contributed by atoms with Crippen molar-refractivity contribution in [3.05, 3.63) is 42.6 Å². The Morgan fingerprint density at radius 2 is 1.72 bits per heavy atom. The fourth-order valence-electron chi connectivity index (χ4n) is 3.15. The summed E-state index contributed by atoms with van der Waals surface area (Å²) in [6, 6.07) is 11.5. The Bertz CT molecular complexity index is 1200. The third-order valence-corrected chi connectivity index (χ3v) is 5.73. The summed E-state index contributed by atoms with van der Waals surface area (Å²) in [5.41, 5.74) is 1.34. The molecule has 0 aliphatic rings. The second-order valence-corrected chi connectivity index (χ2v) is 7.99. The van der Waals surface area contributed by atoms with Gasteiger partial charge in [0.2, 0.25) is 0 Å².